The Morgan fingerprint density at radius 1 is 1.47 bits per heavy atom. The Hall–Kier alpha value is -2.08. The molecule has 0 saturated heterocycles. The van der Waals surface area contributed by atoms with Gasteiger partial charge in [-0.3, -0.25) is 4.79 Å². The number of rotatable bonds is 5. The molecular weight excluding hydrogens is 262 g/mol. The van der Waals surface area contributed by atoms with E-state index in [0.717, 1.165) is 10.8 Å². The van der Waals surface area contributed by atoms with E-state index in [1.807, 2.05) is 23.6 Å². The van der Waals surface area contributed by atoms with Crippen LogP contribution < -0.4 is 15.4 Å². The van der Waals surface area contributed by atoms with Gasteiger partial charge in [-0.05, 0) is 12.1 Å². The lowest BCUT2D eigenvalue weighted by Gasteiger charge is -2.06. The fraction of sp³-hybridized carbons (Fsp3) is 0.231. The summed E-state index contributed by atoms with van der Waals surface area (Å²) < 4.78 is 5.10. The van der Waals surface area contributed by atoms with Gasteiger partial charge in [-0.1, -0.05) is 6.07 Å². The van der Waals surface area contributed by atoms with Crippen LogP contribution in [0.25, 0.3) is 0 Å². The zero-order chi connectivity index (χ0) is 13.7. The van der Waals surface area contributed by atoms with Gasteiger partial charge in [-0.25, -0.2) is 4.98 Å². The number of amides is 1. The zero-order valence-corrected chi connectivity index (χ0v) is 11.6. The van der Waals surface area contributed by atoms with E-state index >= 15 is 0 Å². The lowest BCUT2D eigenvalue weighted by atomic mass is 10.2. The molecule has 2 N–H and O–H groups in total. The number of carbonyl (C=O) groups is 1. The van der Waals surface area contributed by atoms with Crippen molar-refractivity contribution in [2.45, 2.75) is 6.42 Å². The van der Waals surface area contributed by atoms with Gasteiger partial charge in [0, 0.05) is 24.2 Å². The first kappa shape index (κ1) is 13.4. The van der Waals surface area contributed by atoms with E-state index in [1.54, 1.807) is 20.2 Å². The minimum absolute atomic E-state index is 0.0961. The molecule has 0 bridgehead atoms. The highest BCUT2D eigenvalue weighted by molar-refractivity contribution is 7.13. The van der Waals surface area contributed by atoms with E-state index in [2.05, 4.69) is 15.6 Å². The molecule has 19 heavy (non-hydrogen) atoms. The van der Waals surface area contributed by atoms with Crippen molar-refractivity contribution in [3.63, 3.8) is 0 Å². The first-order valence-corrected chi connectivity index (χ1v) is 6.65. The Balaban J connectivity index is 1.96. The molecule has 1 aromatic carbocycles. The standard InChI is InChI=1S/C13H15N3O2S/c1-14-13-16-10(8-19-13)7-12(17)15-9-4-3-5-11(6-9)18-2/h3-6,8H,7H2,1-2H3,(H,14,16)(H,15,17). The van der Waals surface area contributed by atoms with Crippen molar-refractivity contribution in [2.24, 2.45) is 0 Å². The highest BCUT2D eigenvalue weighted by Crippen LogP contribution is 2.18. The van der Waals surface area contributed by atoms with Crippen molar-refractivity contribution in [3.8, 4) is 5.75 Å². The maximum atomic E-state index is 11.9. The number of methoxy groups -OCH3 is 1. The van der Waals surface area contributed by atoms with E-state index in [-0.39, 0.29) is 12.3 Å². The summed E-state index contributed by atoms with van der Waals surface area (Å²) in [6.07, 6.45) is 0.259. The van der Waals surface area contributed by atoms with Crippen molar-refractivity contribution in [1.29, 1.82) is 0 Å². The molecule has 0 aliphatic heterocycles. The van der Waals surface area contributed by atoms with Crippen LogP contribution in [0.4, 0.5) is 10.8 Å². The number of nitrogens with one attached hydrogen (secondary N) is 2. The van der Waals surface area contributed by atoms with Crippen molar-refractivity contribution in [3.05, 3.63) is 35.3 Å². The van der Waals surface area contributed by atoms with Crippen LogP contribution in [0.2, 0.25) is 0 Å². The number of nitrogens with zero attached hydrogens (tertiary/aromatic N) is 1. The number of thiazole rings is 1. The van der Waals surface area contributed by atoms with Gasteiger partial charge in [0.25, 0.3) is 0 Å². The Morgan fingerprint density at radius 3 is 3.00 bits per heavy atom. The van der Waals surface area contributed by atoms with Crippen molar-refractivity contribution >= 4 is 28.1 Å². The van der Waals surface area contributed by atoms with Crippen molar-refractivity contribution in [1.82, 2.24) is 4.98 Å². The summed E-state index contributed by atoms with van der Waals surface area (Å²) in [5, 5.41) is 8.44. The van der Waals surface area contributed by atoms with Crippen LogP contribution in [0.15, 0.2) is 29.6 Å². The number of benzene rings is 1. The second-order valence-corrected chi connectivity index (χ2v) is 4.71. The van der Waals surface area contributed by atoms with Crippen molar-refractivity contribution in [2.75, 3.05) is 24.8 Å². The maximum absolute atomic E-state index is 11.9. The van der Waals surface area contributed by atoms with Crippen LogP contribution in [0.5, 0.6) is 5.75 Å². The van der Waals surface area contributed by atoms with E-state index < -0.39 is 0 Å². The molecule has 1 aromatic heterocycles. The second-order valence-electron chi connectivity index (χ2n) is 3.85. The Labute approximate surface area is 115 Å². The van der Waals surface area contributed by atoms with E-state index in [0.29, 0.717) is 11.4 Å². The average molecular weight is 277 g/mol. The summed E-state index contributed by atoms with van der Waals surface area (Å²) in [6, 6.07) is 7.25. The third-order valence-electron chi connectivity index (χ3n) is 2.46. The van der Waals surface area contributed by atoms with Gasteiger partial charge in [0.15, 0.2) is 5.13 Å². The second kappa shape index (κ2) is 6.19. The Morgan fingerprint density at radius 2 is 2.32 bits per heavy atom. The van der Waals surface area contributed by atoms with Crippen LogP contribution in [-0.4, -0.2) is 25.0 Å². The molecule has 0 aliphatic carbocycles. The summed E-state index contributed by atoms with van der Waals surface area (Å²) in [5.74, 6) is 0.616. The largest absolute Gasteiger partial charge is 0.497 e. The minimum atomic E-state index is -0.0961. The molecule has 2 aromatic rings. The normalized spacial score (nSPS) is 10.0. The van der Waals surface area contributed by atoms with Crippen LogP contribution in [0.1, 0.15) is 5.69 Å². The molecule has 0 unspecified atom stereocenters. The quantitative estimate of drug-likeness (QED) is 0.880. The summed E-state index contributed by atoms with van der Waals surface area (Å²) in [5.41, 5.74) is 1.48. The highest BCUT2D eigenvalue weighted by atomic mass is 32.1. The third-order valence-corrected chi connectivity index (χ3v) is 3.37. The van der Waals surface area contributed by atoms with Gasteiger partial charge in [-0.2, -0.15) is 0 Å². The maximum Gasteiger partial charge on any atom is 0.230 e. The molecule has 0 atom stereocenters. The topological polar surface area (TPSA) is 63.2 Å². The van der Waals surface area contributed by atoms with Gasteiger partial charge < -0.3 is 15.4 Å². The zero-order valence-electron chi connectivity index (χ0n) is 10.8. The summed E-state index contributed by atoms with van der Waals surface area (Å²) in [7, 11) is 3.40. The Bertz CT molecular complexity index is 569. The van der Waals surface area contributed by atoms with Crippen LogP contribution in [-0.2, 0) is 11.2 Å². The molecule has 100 valence electrons. The molecule has 1 amide bonds. The van der Waals surface area contributed by atoms with Crippen molar-refractivity contribution < 1.29 is 9.53 Å². The summed E-state index contributed by atoms with van der Waals surface area (Å²) in [6.45, 7) is 0. The van der Waals surface area contributed by atoms with E-state index in [1.165, 1.54) is 11.3 Å². The van der Waals surface area contributed by atoms with Crippen LogP contribution in [0, 0.1) is 0 Å². The molecular formula is C13H15N3O2S. The molecule has 1 heterocycles. The number of ether oxygens (including phenoxy) is 1. The number of hydrogen-bond donors (Lipinski definition) is 2. The fourth-order valence-corrected chi connectivity index (χ4v) is 2.25. The van der Waals surface area contributed by atoms with E-state index in [4.69, 9.17) is 4.74 Å². The molecule has 0 fully saturated rings. The number of carbonyl (C=O) groups excluding carboxylic acids is 1. The number of anilines is 2. The predicted molar refractivity (Wildman–Crippen MR) is 77.0 cm³/mol. The highest BCUT2D eigenvalue weighted by Gasteiger charge is 2.08. The molecule has 0 saturated carbocycles. The smallest absolute Gasteiger partial charge is 0.230 e. The minimum Gasteiger partial charge on any atom is -0.497 e. The monoisotopic (exact) mass is 277 g/mol. The van der Waals surface area contributed by atoms with Gasteiger partial charge in [-0.15, -0.1) is 11.3 Å². The van der Waals surface area contributed by atoms with Crippen LogP contribution >= 0.6 is 11.3 Å². The first-order chi connectivity index (χ1) is 9.21. The molecule has 2 rings (SSSR count). The summed E-state index contributed by atoms with van der Waals surface area (Å²) in [4.78, 5) is 16.1. The fourth-order valence-electron chi connectivity index (χ4n) is 1.57. The number of aromatic nitrogens is 1. The van der Waals surface area contributed by atoms with Gasteiger partial charge in [0.05, 0.1) is 19.2 Å². The van der Waals surface area contributed by atoms with Gasteiger partial charge in [0.2, 0.25) is 5.91 Å². The lowest BCUT2D eigenvalue weighted by molar-refractivity contribution is -0.115. The molecule has 0 spiro atoms. The van der Waals surface area contributed by atoms with Crippen LogP contribution in [0.3, 0.4) is 0 Å². The van der Waals surface area contributed by atoms with Gasteiger partial charge in [0.1, 0.15) is 5.75 Å². The molecule has 0 radical (unpaired) electrons. The van der Waals surface area contributed by atoms with E-state index in [9.17, 15) is 4.79 Å². The summed E-state index contributed by atoms with van der Waals surface area (Å²) >= 11 is 1.48. The number of hydrogen-bond acceptors (Lipinski definition) is 5. The molecule has 5 nitrogen and oxygen atoms in total. The predicted octanol–water partition coefficient (Wildman–Crippen LogP) is 2.37. The Kier molecular flexibility index (Phi) is 4.35. The first-order valence-electron chi connectivity index (χ1n) is 5.77. The SMILES string of the molecule is CNc1nc(CC(=O)Nc2cccc(OC)c2)cs1. The molecule has 6 heteroatoms. The third kappa shape index (κ3) is 3.69. The van der Waals surface area contributed by atoms with Gasteiger partial charge >= 0.3 is 0 Å². The lowest BCUT2D eigenvalue weighted by Crippen LogP contribution is -2.14. The molecule has 0 aliphatic rings. The average Bonchev–Trinajstić information content (AvgIpc) is 2.86.